The van der Waals surface area contributed by atoms with Gasteiger partial charge in [-0.3, -0.25) is 4.98 Å². The SMILES string of the molecule is c1cncc(NC2CCC3(CCNCC3)CC2)c1. The molecule has 0 atom stereocenters. The maximum atomic E-state index is 4.16. The van der Waals surface area contributed by atoms with E-state index in [4.69, 9.17) is 0 Å². The van der Waals surface area contributed by atoms with Gasteiger partial charge in [0.2, 0.25) is 0 Å². The Bertz CT molecular complexity index is 361. The van der Waals surface area contributed by atoms with Crippen LogP contribution in [0.4, 0.5) is 5.69 Å². The van der Waals surface area contributed by atoms with Crippen molar-refractivity contribution in [3.05, 3.63) is 24.5 Å². The van der Waals surface area contributed by atoms with E-state index >= 15 is 0 Å². The molecule has 2 heterocycles. The van der Waals surface area contributed by atoms with Gasteiger partial charge in [-0.2, -0.15) is 0 Å². The summed E-state index contributed by atoms with van der Waals surface area (Å²) in [7, 11) is 0. The van der Waals surface area contributed by atoms with E-state index in [9.17, 15) is 0 Å². The van der Waals surface area contributed by atoms with E-state index in [1.165, 1.54) is 57.3 Å². The third-order valence-corrected chi connectivity index (χ3v) is 4.74. The van der Waals surface area contributed by atoms with Crippen molar-refractivity contribution in [3.8, 4) is 0 Å². The Morgan fingerprint density at radius 2 is 1.94 bits per heavy atom. The van der Waals surface area contributed by atoms with Crippen LogP contribution < -0.4 is 10.6 Å². The molecule has 1 aliphatic carbocycles. The quantitative estimate of drug-likeness (QED) is 0.841. The van der Waals surface area contributed by atoms with Crippen LogP contribution in [-0.4, -0.2) is 24.1 Å². The predicted molar refractivity (Wildman–Crippen MR) is 74.7 cm³/mol. The molecule has 2 aliphatic rings. The lowest BCUT2D eigenvalue weighted by Gasteiger charge is -2.43. The summed E-state index contributed by atoms with van der Waals surface area (Å²) in [5.74, 6) is 0. The number of pyridine rings is 1. The highest BCUT2D eigenvalue weighted by molar-refractivity contribution is 5.40. The highest BCUT2D eigenvalue weighted by atomic mass is 14.9. The fraction of sp³-hybridized carbons (Fsp3) is 0.667. The lowest BCUT2D eigenvalue weighted by molar-refractivity contribution is 0.128. The van der Waals surface area contributed by atoms with Gasteiger partial charge in [-0.25, -0.2) is 0 Å². The standard InChI is InChI=1S/C15H23N3/c1-2-14(12-17-9-1)18-13-3-5-15(6-4-13)7-10-16-11-8-15/h1-2,9,12-13,16,18H,3-8,10-11H2. The van der Waals surface area contributed by atoms with Crippen LogP contribution in [0.15, 0.2) is 24.5 Å². The Balaban J connectivity index is 1.54. The number of hydrogen-bond donors (Lipinski definition) is 2. The molecule has 18 heavy (non-hydrogen) atoms. The van der Waals surface area contributed by atoms with Crippen LogP contribution in [0, 0.1) is 5.41 Å². The Morgan fingerprint density at radius 1 is 1.17 bits per heavy atom. The zero-order chi connectivity index (χ0) is 12.3. The van der Waals surface area contributed by atoms with Gasteiger partial charge < -0.3 is 10.6 Å². The van der Waals surface area contributed by atoms with Crippen LogP contribution in [-0.2, 0) is 0 Å². The first-order chi connectivity index (χ1) is 8.86. The van der Waals surface area contributed by atoms with Crippen molar-refractivity contribution in [1.29, 1.82) is 0 Å². The van der Waals surface area contributed by atoms with Gasteiger partial charge in [0, 0.05) is 18.4 Å². The number of rotatable bonds is 2. The number of anilines is 1. The molecule has 3 nitrogen and oxygen atoms in total. The average molecular weight is 245 g/mol. The zero-order valence-corrected chi connectivity index (χ0v) is 11.0. The molecule has 98 valence electrons. The van der Waals surface area contributed by atoms with Crippen molar-refractivity contribution in [2.45, 2.75) is 44.6 Å². The molecule has 2 fully saturated rings. The first-order valence-corrected chi connectivity index (χ1v) is 7.24. The maximum absolute atomic E-state index is 4.16. The van der Waals surface area contributed by atoms with Crippen LogP contribution >= 0.6 is 0 Å². The molecule has 1 saturated heterocycles. The predicted octanol–water partition coefficient (Wildman–Crippen LogP) is 2.81. The molecule has 1 saturated carbocycles. The van der Waals surface area contributed by atoms with Gasteiger partial charge >= 0.3 is 0 Å². The summed E-state index contributed by atoms with van der Waals surface area (Å²) in [6, 6.07) is 4.76. The second kappa shape index (κ2) is 5.27. The van der Waals surface area contributed by atoms with E-state index in [0.29, 0.717) is 11.5 Å². The molecule has 0 bridgehead atoms. The second-order valence-corrected chi connectivity index (χ2v) is 5.91. The molecule has 0 aromatic carbocycles. The highest BCUT2D eigenvalue weighted by Gasteiger charge is 2.35. The molecule has 1 aromatic rings. The van der Waals surface area contributed by atoms with Gasteiger partial charge in [0.25, 0.3) is 0 Å². The first kappa shape index (κ1) is 12.0. The lowest BCUT2D eigenvalue weighted by atomic mass is 9.67. The topological polar surface area (TPSA) is 37.0 Å². The Labute approximate surface area is 109 Å². The van der Waals surface area contributed by atoms with Gasteiger partial charge in [-0.15, -0.1) is 0 Å². The second-order valence-electron chi connectivity index (χ2n) is 5.91. The molecule has 1 spiro atoms. The fourth-order valence-electron chi connectivity index (χ4n) is 3.52. The third-order valence-electron chi connectivity index (χ3n) is 4.74. The van der Waals surface area contributed by atoms with Crippen molar-refractivity contribution in [1.82, 2.24) is 10.3 Å². The van der Waals surface area contributed by atoms with E-state index in [1.807, 2.05) is 18.5 Å². The molecule has 2 N–H and O–H groups in total. The summed E-state index contributed by atoms with van der Waals surface area (Å²) in [6.45, 7) is 2.45. The van der Waals surface area contributed by atoms with E-state index in [0.717, 1.165) is 0 Å². The Hall–Kier alpha value is -1.09. The smallest absolute Gasteiger partial charge is 0.0528 e. The van der Waals surface area contributed by atoms with Gasteiger partial charge in [0.05, 0.1) is 5.69 Å². The van der Waals surface area contributed by atoms with Gasteiger partial charge in [0.15, 0.2) is 0 Å². The number of piperidine rings is 1. The van der Waals surface area contributed by atoms with Gasteiger partial charge in [-0.05, 0) is 69.2 Å². The summed E-state index contributed by atoms with van der Waals surface area (Å²) in [4.78, 5) is 4.16. The van der Waals surface area contributed by atoms with E-state index in [1.54, 1.807) is 0 Å². The van der Waals surface area contributed by atoms with Crippen LogP contribution in [0.2, 0.25) is 0 Å². The largest absolute Gasteiger partial charge is 0.381 e. The minimum atomic E-state index is 0.648. The summed E-state index contributed by atoms with van der Waals surface area (Å²) >= 11 is 0. The number of hydrogen-bond acceptors (Lipinski definition) is 3. The van der Waals surface area contributed by atoms with Crippen molar-refractivity contribution >= 4 is 5.69 Å². The Kier molecular flexibility index (Phi) is 3.50. The van der Waals surface area contributed by atoms with E-state index in [-0.39, 0.29) is 0 Å². The molecule has 0 amide bonds. The number of nitrogens with one attached hydrogen (secondary N) is 2. The van der Waals surface area contributed by atoms with Crippen molar-refractivity contribution < 1.29 is 0 Å². The summed E-state index contributed by atoms with van der Waals surface area (Å²) in [5, 5.41) is 7.11. The van der Waals surface area contributed by atoms with Crippen LogP contribution in [0.5, 0.6) is 0 Å². The zero-order valence-electron chi connectivity index (χ0n) is 11.0. The highest BCUT2D eigenvalue weighted by Crippen LogP contribution is 2.43. The van der Waals surface area contributed by atoms with Crippen LogP contribution in [0.3, 0.4) is 0 Å². The summed E-state index contributed by atoms with van der Waals surface area (Å²) < 4.78 is 0. The monoisotopic (exact) mass is 245 g/mol. The first-order valence-electron chi connectivity index (χ1n) is 7.24. The maximum Gasteiger partial charge on any atom is 0.0528 e. The van der Waals surface area contributed by atoms with E-state index < -0.39 is 0 Å². The lowest BCUT2D eigenvalue weighted by Crippen LogP contribution is -2.41. The summed E-state index contributed by atoms with van der Waals surface area (Å²) in [5.41, 5.74) is 1.84. The Morgan fingerprint density at radius 3 is 2.61 bits per heavy atom. The minimum Gasteiger partial charge on any atom is -0.381 e. The summed E-state index contributed by atoms with van der Waals surface area (Å²) in [6.07, 6.45) is 11.9. The van der Waals surface area contributed by atoms with Crippen LogP contribution in [0.1, 0.15) is 38.5 Å². The van der Waals surface area contributed by atoms with Crippen molar-refractivity contribution in [2.75, 3.05) is 18.4 Å². The van der Waals surface area contributed by atoms with Crippen LogP contribution in [0.25, 0.3) is 0 Å². The molecule has 0 radical (unpaired) electrons. The third kappa shape index (κ3) is 2.66. The van der Waals surface area contributed by atoms with Gasteiger partial charge in [-0.1, -0.05) is 0 Å². The molecular formula is C15H23N3. The normalized spacial score (nSPS) is 24.0. The van der Waals surface area contributed by atoms with Crippen molar-refractivity contribution in [3.63, 3.8) is 0 Å². The van der Waals surface area contributed by atoms with Crippen molar-refractivity contribution in [2.24, 2.45) is 5.41 Å². The molecule has 1 aromatic heterocycles. The molecule has 1 aliphatic heterocycles. The molecule has 0 unspecified atom stereocenters. The molecular weight excluding hydrogens is 222 g/mol. The average Bonchev–Trinajstić information content (AvgIpc) is 2.44. The minimum absolute atomic E-state index is 0.648. The number of nitrogens with zero attached hydrogens (tertiary/aromatic N) is 1. The molecule has 3 rings (SSSR count). The van der Waals surface area contributed by atoms with Gasteiger partial charge in [0.1, 0.15) is 0 Å². The van der Waals surface area contributed by atoms with E-state index in [2.05, 4.69) is 21.7 Å². The molecule has 3 heteroatoms. The number of aromatic nitrogens is 1. The fourth-order valence-corrected chi connectivity index (χ4v) is 3.52.